The smallest absolute Gasteiger partial charge is 0.126 e. The van der Waals surface area contributed by atoms with Gasteiger partial charge in [-0.2, -0.15) is 0 Å². The third-order valence-corrected chi connectivity index (χ3v) is 3.11. The molecular weight excluding hydrogens is 222 g/mol. The second-order valence-corrected chi connectivity index (χ2v) is 4.53. The van der Waals surface area contributed by atoms with Crippen molar-refractivity contribution in [3.05, 3.63) is 47.0 Å². The van der Waals surface area contributed by atoms with Crippen LogP contribution in [0.3, 0.4) is 0 Å². The summed E-state index contributed by atoms with van der Waals surface area (Å²) < 4.78 is 26.0. The Morgan fingerprint density at radius 2 is 1.82 bits per heavy atom. The van der Waals surface area contributed by atoms with Crippen LogP contribution in [-0.2, 0) is 0 Å². The summed E-state index contributed by atoms with van der Waals surface area (Å²) in [6, 6.07) is 3.20. The lowest BCUT2D eigenvalue weighted by Crippen LogP contribution is -2.03. The van der Waals surface area contributed by atoms with Crippen molar-refractivity contribution in [3.8, 4) is 0 Å². The normalized spacial score (nSPS) is 17.7. The number of hydrogen-bond donors (Lipinski definition) is 1. The van der Waals surface area contributed by atoms with Gasteiger partial charge in [-0.25, -0.2) is 8.78 Å². The first-order valence-corrected chi connectivity index (χ1v) is 5.97. The third kappa shape index (κ3) is 3.37. The van der Waals surface area contributed by atoms with Gasteiger partial charge in [0.05, 0.1) is 6.10 Å². The molecule has 17 heavy (non-hydrogen) atoms. The van der Waals surface area contributed by atoms with E-state index in [2.05, 4.69) is 6.08 Å². The summed E-state index contributed by atoms with van der Waals surface area (Å²) in [5, 5.41) is 9.95. The van der Waals surface area contributed by atoms with Gasteiger partial charge in [0.2, 0.25) is 0 Å². The summed E-state index contributed by atoms with van der Waals surface area (Å²) in [5.74, 6) is -1.28. The van der Waals surface area contributed by atoms with Gasteiger partial charge in [-0.05, 0) is 49.8 Å². The predicted molar refractivity (Wildman–Crippen MR) is 62.5 cm³/mol. The van der Waals surface area contributed by atoms with E-state index in [1.54, 1.807) is 0 Å². The molecule has 0 heterocycles. The van der Waals surface area contributed by atoms with Crippen molar-refractivity contribution < 1.29 is 13.9 Å². The molecule has 2 rings (SSSR count). The minimum Gasteiger partial charge on any atom is -0.388 e. The first-order valence-electron chi connectivity index (χ1n) is 5.97. The van der Waals surface area contributed by atoms with Crippen molar-refractivity contribution in [3.63, 3.8) is 0 Å². The molecule has 3 heteroatoms. The highest BCUT2D eigenvalue weighted by Gasteiger charge is 2.14. The van der Waals surface area contributed by atoms with Crippen molar-refractivity contribution in [2.45, 2.75) is 38.2 Å². The van der Waals surface area contributed by atoms with Gasteiger partial charge >= 0.3 is 0 Å². The Balaban J connectivity index is 2.08. The quantitative estimate of drug-likeness (QED) is 0.792. The molecule has 0 aromatic heterocycles. The highest BCUT2D eigenvalue weighted by molar-refractivity contribution is 5.22. The Labute approximate surface area is 99.8 Å². The second-order valence-electron chi connectivity index (χ2n) is 4.53. The van der Waals surface area contributed by atoms with Crippen molar-refractivity contribution >= 4 is 0 Å². The van der Waals surface area contributed by atoms with Crippen LogP contribution in [0.2, 0.25) is 0 Å². The first kappa shape index (κ1) is 12.2. The van der Waals surface area contributed by atoms with Gasteiger partial charge in [0.25, 0.3) is 0 Å². The number of rotatable bonds is 3. The van der Waals surface area contributed by atoms with Crippen LogP contribution in [0.25, 0.3) is 0 Å². The Morgan fingerprint density at radius 1 is 1.12 bits per heavy atom. The zero-order valence-electron chi connectivity index (χ0n) is 9.63. The SMILES string of the molecule is OC(CC1=CCCCC1)c1cc(F)cc(F)c1. The van der Waals surface area contributed by atoms with Gasteiger partial charge in [-0.1, -0.05) is 11.6 Å². The van der Waals surface area contributed by atoms with E-state index in [1.165, 1.54) is 24.1 Å². The fraction of sp³-hybridized carbons (Fsp3) is 0.429. The van der Waals surface area contributed by atoms with Crippen molar-refractivity contribution in [2.75, 3.05) is 0 Å². The molecule has 1 nitrogen and oxygen atoms in total. The number of hydrogen-bond acceptors (Lipinski definition) is 1. The molecule has 1 aromatic carbocycles. The van der Waals surface area contributed by atoms with E-state index in [0.29, 0.717) is 12.0 Å². The molecule has 0 saturated heterocycles. The van der Waals surface area contributed by atoms with Crippen LogP contribution in [0.15, 0.2) is 29.8 Å². The molecular formula is C14H16F2O. The monoisotopic (exact) mass is 238 g/mol. The topological polar surface area (TPSA) is 20.2 Å². The highest BCUT2D eigenvalue weighted by Crippen LogP contribution is 2.28. The van der Waals surface area contributed by atoms with Crippen molar-refractivity contribution in [1.29, 1.82) is 0 Å². The summed E-state index contributed by atoms with van der Waals surface area (Å²) in [7, 11) is 0. The zero-order chi connectivity index (χ0) is 12.3. The van der Waals surface area contributed by atoms with E-state index in [-0.39, 0.29) is 0 Å². The Kier molecular flexibility index (Phi) is 3.89. The molecule has 0 saturated carbocycles. The van der Waals surface area contributed by atoms with Gasteiger partial charge in [0, 0.05) is 6.07 Å². The molecule has 0 aliphatic heterocycles. The summed E-state index contributed by atoms with van der Waals surface area (Å²) in [5.41, 5.74) is 1.50. The van der Waals surface area contributed by atoms with Crippen LogP contribution in [0.5, 0.6) is 0 Å². The maximum Gasteiger partial charge on any atom is 0.126 e. The molecule has 0 bridgehead atoms. The number of halogens is 2. The average Bonchev–Trinajstić information content (AvgIpc) is 2.29. The fourth-order valence-corrected chi connectivity index (χ4v) is 2.22. The fourth-order valence-electron chi connectivity index (χ4n) is 2.22. The maximum absolute atomic E-state index is 13.0. The van der Waals surface area contributed by atoms with E-state index in [1.807, 2.05) is 0 Å². The maximum atomic E-state index is 13.0. The van der Waals surface area contributed by atoms with Crippen LogP contribution in [0, 0.1) is 11.6 Å². The molecule has 1 atom stereocenters. The van der Waals surface area contributed by atoms with E-state index in [4.69, 9.17) is 0 Å². The lowest BCUT2D eigenvalue weighted by Gasteiger charge is -2.17. The van der Waals surface area contributed by atoms with Crippen LogP contribution < -0.4 is 0 Å². The summed E-state index contributed by atoms with van der Waals surface area (Å²) in [6.07, 6.45) is 6.13. The molecule has 92 valence electrons. The molecule has 1 aromatic rings. The molecule has 1 aliphatic carbocycles. The molecule has 0 amide bonds. The Morgan fingerprint density at radius 3 is 2.41 bits per heavy atom. The Hall–Kier alpha value is -1.22. The predicted octanol–water partition coefficient (Wildman–Crippen LogP) is 3.89. The molecule has 1 unspecified atom stereocenters. The lowest BCUT2D eigenvalue weighted by atomic mass is 9.93. The van der Waals surface area contributed by atoms with E-state index in [9.17, 15) is 13.9 Å². The van der Waals surface area contributed by atoms with Gasteiger partial charge < -0.3 is 5.11 Å². The molecule has 1 aliphatic rings. The summed E-state index contributed by atoms with van der Waals surface area (Å²) >= 11 is 0. The van der Waals surface area contributed by atoms with Gasteiger partial charge in [-0.15, -0.1) is 0 Å². The number of allylic oxidation sites excluding steroid dienone is 1. The molecule has 0 fully saturated rings. The van der Waals surface area contributed by atoms with Crippen molar-refractivity contribution in [1.82, 2.24) is 0 Å². The van der Waals surface area contributed by atoms with Crippen LogP contribution in [0.4, 0.5) is 8.78 Å². The molecule has 0 spiro atoms. The van der Waals surface area contributed by atoms with E-state index in [0.717, 1.165) is 25.3 Å². The highest BCUT2D eigenvalue weighted by atomic mass is 19.1. The largest absolute Gasteiger partial charge is 0.388 e. The lowest BCUT2D eigenvalue weighted by molar-refractivity contribution is 0.175. The third-order valence-electron chi connectivity index (χ3n) is 3.11. The number of aliphatic hydroxyl groups excluding tert-OH is 1. The second kappa shape index (κ2) is 5.41. The molecule has 0 radical (unpaired) electrons. The van der Waals surface area contributed by atoms with Gasteiger partial charge in [-0.3, -0.25) is 0 Å². The zero-order valence-corrected chi connectivity index (χ0v) is 9.63. The van der Waals surface area contributed by atoms with Crippen LogP contribution in [0.1, 0.15) is 43.8 Å². The van der Waals surface area contributed by atoms with Gasteiger partial charge in [0.1, 0.15) is 11.6 Å². The van der Waals surface area contributed by atoms with Crippen LogP contribution >= 0.6 is 0 Å². The number of aliphatic hydroxyl groups is 1. The standard InChI is InChI=1S/C14H16F2O/c15-12-7-11(8-13(16)9-12)14(17)6-10-4-2-1-3-5-10/h4,7-9,14,17H,1-3,5-6H2. The average molecular weight is 238 g/mol. The summed E-state index contributed by atoms with van der Waals surface area (Å²) in [4.78, 5) is 0. The minimum atomic E-state index is -0.815. The Bertz CT molecular complexity index is 406. The summed E-state index contributed by atoms with van der Waals surface area (Å²) in [6.45, 7) is 0. The number of benzene rings is 1. The minimum absolute atomic E-state index is 0.314. The van der Waals surface area contributed by atoms with E-state index >= 15 is 0 Å². The molecule has 1 N–H and O–H groups in total. The first-order chi connectivity index (χ1) is 8.15. The van der Waals surface area contributed by atoms with Crippen molar-refractivity contribution in [2.24, 2.45) is 0 Å². The van der Waals surface area contributed by atoms with Gasteiger partial charge in [0.15, 0.2) is 0 Å². The van der Waals surface area contributed by atoms with E-state index < -0.39 is 17.7 Å². The van der Waals surface area contributed by atoms with Crippen LogP contribution in [-0.4, -0.2) is 5.11 Å².